The molecule has 1 atom stereocenters. The number of benzene rings is 1. The van der Waals surface area contributed by atoms with Crippen molar-refractivity contribution < 1.29 is 22.0 Å². The summed E-state index contributed by atoms with van der Waals surface area (Å²) in [6.07, 6.45) is -3.65. The third-order valence-electron chi connectivity index (χ3n) is 1.90. The quantitative estimate of drug-likeness (QED) is 0.619. The van der Waals surface area contributed by atoms with Gasteiger partial charge in [-0.2, -0.15) is 0 Å². The Hall–Kier alpha value is -1.17. The van der Waals surface area contributed by atoms with E-state index < -0.39 is 41.9 Å². The lowest BCUT2D eigenvalue weighted by Crippen LogP contribution is -2.31. The maximum absolute atomic E-state index is 13.0. The molecule has 0 spiro atoms. The van der Waals surface area contributed by atoms with Crippen molar-refractivity contribution in [2.24, 2.45) is 5.73 Å². The lowest BCUT2D eigenvalue weighted by molar-refractivity contribution is 0.115. The van der Waals surface area contributed by atoms with E-state index in [4.69, 9.17) is 5.73 Å². The van der Waals surface area contributed by atoms with Crippen molar-refractivity contribution in [3.05, 3.63) is 35.1 Å². The molecule has 0 radical (unpaired) electrons. The van der Waals surface area contributed by atoms with Crippen molar-refractivity contribution in [2.75, 3.05) is 0 Å². The number of nitrogens with two attached hydrogens (primary N) is 1. The molecule has 0 amide bonds. The second kappa shape index (κ2) is 4.57. The van der Waals surface area contributed by atoms with Gasteiger partial charge in [0, 0.05) is 5.56 Å². The molecule has 0 aromatic heterocycles. The Balaban J connectivity index is 2.98. The number of rotatable bonds is 3. The minimum atomic E-state index is -2.91. The van der Waals surface area contributed by atoms with Gasteiger partial charge in [0.05, 0.1) is 6.04 Å². The summed E-state index contributed by atoms with van der Waals surface area (Å²) in [5.41, 5.74) is 4.18. The van der Waals surface area contributed by atoms with Crippen molar-refractivity contribution in [1.82, 2.24) is 0 Å². The summed E-state index contributed by atoms with van der Waals surface area (Å²) in [5, 5.41) is 0. The highest BCUT2D eigenvalue weighted by molar-refractivity contribution is 5.22. The fraction of sp³-hybridized carbons (Fsp3) is 0.333. The zero-order valence-electron chi connectivity index (χ0n) is 7.48. The Bertz CT molecular complexity index is 353. The third-order valence-corrected chi connectivity index (χ3v) is 1.90. The number of halogens is 5. The van der Waals surface area contributed by atoms with Gasteiger partial charge in [-0.1, -0.05) is 0 Å². The molecular weight excluding hydrogens is 217 g/mol. The summed E-state index contributed by atoms with van der Waals surface area (Å²) in [6.45, 7) is 0. The van der Waals surface area contributed by atoms with Gasteiger partial charge in [-0.15, -0.1) is 0 Å². The van der Waals surface area contributed by atoms with E-state index >= 15 is 0 Å². The molecule has 0 aliphatic rings. The van der Waals surface area contributed by atoms with Crippen LogP contribution in [0.1, 0.15) is 5.56 Å². The van der Waals surface area contributed by atoms with Crippen LogP contribution >= 0.6 is 0 Å². The van der Waals surface area contributed by atoms with E-state index in [0.717, 1.165) is 0 Å². The first-order valence-corrected chi connectivity index (χ1v) is 4.09. The van der Waals surface area contributed by atoms with E-state index in [1.165, 1.54) is 0 Å². The van der Waals surface area contributed by atoms with Crippen LogP contribution in [0.5, 0.6) is 0 Å². The Morgan fingerprint density at radius 2 is 1.60 bits per heavy atom. The summed E-state index contributed by atoms with van der Waals surface area (Å²) in [6, 6.07) is -0.454. The Morgan fingerprint density at radius 1 is 1.07 bits per heavy atom. The molecule has 15 heavy (non-hydrogen) atoms. The van der Waals surface area contributed by atoms with Crippen molar-refractivity contribution in [3.63, 3.8) is 0 Å². The van der Waals surface area contributed by atoms with Gasteiger partial charge >= 0.3 is 0 Å². The van der Waals surface area contributed by atoms with Gasteiger partial charge in [-0.05, 0) is 18.6 Å². The molecule has 0 fully saturated rings. The molecule has 0 aliphatic heterocycles. The molecule has 2 N–H and O–H groups in total. The zero-order chi connectivity index (χ0) is 11.6. The van der Waals surface area contributed by atoms with Crippen LogP contribution in [0.25, 0.3) is 0 Å². The largest absolute Gasteiger partial charge is 0.323 e. The molecule has 1 aromatic rings. The average Bonchev–Trinajstić information content (AvgIpc) is 2.18. The molecule has 0 heterocycles. The van der Waals surface area contributed by atoms with Crippen molar-refractivity contribution in [3.8, 4) is 0 Å². The Morgan fingerprint density at radius 3 is 2.13 bits per heavy atom. The highest BCUT2D eigenvalue weighted by atomic mass is 19.3. The van der Waals surface area contributed by atoms with E-state index in [9.17, 15) is 22.0 Å². The van der Waals surface area contributed by atoms with Crippen LogP contribution in [-0.2, 0) is 6.42 Å². The number of alkyl halides is 2. The van der Waals surface area contributed by atoms with Crippen LogP contribution in [0.3, 0.4) is 0 Å². The standard InChI is InChI=1S/C9H8F5N/c10-5-1-2-6(11)8(12)4(5)3-7(15)9(13)14/h1-2,7,9H,3,15H2. The minimum absolute atomic E-state index is 0.585. The topological polar surface area (TPSA) is 26.0 Å². The highest BCUT2D eigenvalue weighted by Crippen LogP contribution is 2.18. The predicted octanol–water partition coefficient (Wildman–Crippen LogP) is 2.24. The van der Waals surface area contributed by atoms with Gasteiger partial charge in [0.25, 0.3) is 6.43 Å². The van der Waals surface area contributed by atoms with E-state index in [1.807, 2.05) is 0 Å². The van der Waals surface area contributed by atoms with Crippen LogP contribution in [-0.4, -0.2) is 12.5 Å². The van der Waals surface area contributed by atoms with Crippen LogP contribution in [0.15, 0.2) is 12.1 Å². The molecule has 1 nitrogen and oxygen atoms in total. The minimum Gasteiger partial charge on any atom is -0.323 e. The predicted molar refractivity (Wildman–Crippen MR) is 44.0 cm³/mol. The fourth-order valence-electron chi connectivity index (χ4n) is 1.08. The van der Waals surface area contributed by atoms with E-state index in [-0.39, 0.29) is 0 Å². The Kier molecular flexibility index (Phi) is 3.62. The van der Waals surface area contributed by atoms with Crippen LogP contribution in [0.2, 0.25) is 0 Å². The smallest absolute Gasteiger partial charge is 0.253 e. The zero-order valence-corrected chi connectivity index (χ0v) is 7.48. The fourth-order valence-corrected chi connectivity index (χ4v) is 1.08. The molecule has 84 valence electrons. The molecule has 0 bridgehead atoms. The highest BCUT2D eigenvalue weighted by Gasteiger charge is 2.21. The molecule has 0 saturated heterocycles. The summed E-state index contributed by atoms with van der Waals surface area (Å²) in [4.78, 5) is 0. The second-order valence-electron chi connectivity index (χ2n) is 3.02. The summed E-state index contributed by atoms with van der Waals surface area (Å²) in [5.74, 6) is -3.83. The van der Waals surface area contributed by atoms with Gasteiger partial charge in [0.1, 0.15) is 5.82 Å². The van der Waals surface area contributed by atoms with Gasteiger partial charge in [0.15, 0.2) is 11.6 Å². The first-order valence-electron chi connectivity index (χ1n) is 4.09. The SMILES string of the molecule is NC(Cc1c(F)ccc(F)c1F)C(F)F. The normalized spacial score (nSPS) is 13.3. The maximum atomic E-state index is 13.0. The van der Waals surface area contributed by atoms with Gasteiger partial charge in [-0.3, -0.25) is 0 Å². The van der Waals surface area contributed by atoms with Crippen LogP contribution < -0.4 is 5.73 Å². The van der Waals surface area contributed by atoms with E-state index in [2.05, 4.69) is 0 Å². The second-order valence-corrected chi connectivity index (χ2v) is 3.02. The number of hydrogen-bond acceptors (Lipinski definition) is 1. The van der Waals surface area contributed by atoms with Crippen LogP contribution in [0.4, 0.5) is 22.0 Å². The molecule has 0 saturated carbocycles. The molecule has 1 aromatic carbocycles. The van der Waals surface area contributed by atoms with Crippen molar-refractivity contribution in [1.29, 1.82) is 0 Å². The monoisotopic (exact) mass is 225 g/mol. The first-order chi connectivity index (χ1) is 6.93. The summed E-state index contributed by atoms with van der Waals surface area (Å²) in [7, 11) is 0. The molecule has 1 unspecified atom stereocenters. The third kappa shape index (κ3) is 2.65. The maximum Gasteiger partial charge on any atom is 0.253 e. The van der Waals surface area contributed by atoms with Crippen LogP contribution in [0, 0.1) is 17.5 Å². The lowest BCUT2D eigenvalue weighted by atomic mass is 10.1. The van der Waals surface area contributed by atoms with Gasteiger partial charge in [-0.25, -0.2) is 22.0 Å². The summed E-state index contributed by atoms with van der Waals surface area (Å²) >= 11 is 0. The summed E-state index contributed by atoms with van der Waals surface area (Å²) < 4.78 is 62.6. The van der Waals surface area contributed by atoms with Gasteiger partial charge in [0.2, 0.25) is 0 Å². The van der Waals surface area contributed by atoms with E-state index in [1.54, 1.807) is 0 Å². The average molecular weight is 225 g/mol. The first kappa shape index (κ1) is 11.9. The van der Waals surface area contributed by atoms with Crippen molar-refractivity contribution >= 4 is 0 Å². The molecule has 1 rings (SSSR count). The van der Waals surface area contributed by atoms with E-state index in [0.29, 0.717) is 12.1 Å². The molecule has 6 heteroatoms. The molecular formula is C9H8F5N. The van der Waals surface area contributed by atoms with Gasteiger partial charge < -0.3 is 5.73 Å². The lowest BCUT2D eigenvalue weighted by Gasteiger charge is -2.11. The molecule has 0 aliphatic carbocycles. The Labute approximate surface area is 82.7 Å². The van der Waals surface area contributed by atoms with Crippen molar-refractivity contribution in [2.45, 2.75) is 18.9 Å². The number of hydrogen-bond donors (Lipinski definition) is 1.